The summed E-state index contributed by atoms with van der Waals surface area (Å²) >= 11 is 7.08. The number of hydrazone groups is 1. The molecular weight excluding hydrogens is 394 g/mol. The van der Waals surface area contributed by atoms with Gasteiger partial charge < -0.3 is 9.29 Å². The summed E-state index contributed by atoms with van der Waals surface area (Å²) in [5.41, 5.74) is 4.64. The lowest BCUT2D eigenvalue weighted by Crippen LogP contribution is -2.20. The van der Waals surface area contributed by atoms with Gasteiger partial charge in [-0.05, 0) is 43.3 Å². The summed E-state index contributed by atoms with van der Waals surface area (Å²) < 4.78 is 6.78. The molecule has 9 heteroatoms. The van der Waals surface area contributed by atoms with Gasteiger partial charge in [0.25, 0.3) is 5.91 Å². The van der Waals surface area contributed by atoms with Gasteiger partial charge in [-0.15, -0.1) is 0 Å². The Hall–Kier alpha value is -1.87. The third kappa shape index (κ3) is 5.84. The summed E-state index contributed by atoms with van der Waals surface area (Å²) in [6.45, 7) is 1.67. The van der Waals surface area contributed by atoms with Crippen LogP contribution >= 0.6 is 37.3 Å². The van der Waals surface area contributed by atoms with Crippen LogP contribution in [0.5, 0.6) is 5.75 Å². The average Bonchev–Trinajstić information content (AvgIpc) is 2.61. The van der Waals surface area contributed by atoms with Crippen molar-refractivity contribution in [3.8, 4) is 5.75 Å². The molecular formula is C17H20ClN3O3S2. The first-order chi connectivity index (χ1) is 11.9. The molecule has 0 saturated carbocycles. The van der Waals surface area contributed by atoms with Crippen molar-refractivity contribution in [2.75, 3.05) is 18.5 Å². The molecule has 0 saturated heterocycles. The Morgan fingerprint density at radius 1 is 1.31 bits per heavy atom. The standard InChI is InChI=1S/C17H18ClN3O3S.H2S/c1-11(15-10-13(18)7-8-16(15)22)19-20-17(23)12-5-4-6-14(9-12)21(2)25-24-3;/h4-10,22H,1-3H3,(H,20,23);1H2/b19-11+;. The molecule has 2 aromatic rings. The van der Waals surface area contributed by atoms with Gasteiger partial charge in [-0.2, -0.15) is 18.6 Å². The molecule has 0 fully saturated rings. The van der Waals surface area contributed by atoms with Crippen LogP contribution in [0.2, 0.25) is 5.02 Å². The van der Waals surface area contributed by atoms with E-state index in [9.17, 15) is 9.90 Å². The van der Waals surface area contributed by atoms with Crippen molar-refractivity contribution in [3.63, 3.8) is 0 Å². The SMILES string of the molecule is COSN(C)c1cccc(C(=O)N/N=C(\C)c2cc(Cl)ccc2O)c1.S. The smallest absolute Gasteiger partial charge is 0.271 e. The molecule has 2 rings (SSSR count). The van der Waals surface area contributed by atoms with Gasteiger partial charge in [0.2, 0.25) is 0 Å². The fourth-order valence-electron chi connectivity index (χ4n) is 2.06. The van der Waals surface area contributed by atoms with Crippen molar-refractivity contribution < 1.29 is 14.1 Å². The Labute approximate surface area is 169 Å². The second-order valence-electron chi connectivity index (χ2n) is 5.09. The summed E-state index contributed by atoms with van der Waals surface area (Å²) in [6.07, 6.45) is 0. The van der Waals surface area contributed by atoms with E-state index in [0.29, 0.717) is 21.9 Å². The lowest BCUT2D eigenvalue weighted by atomic mass is 10.1. The Morgan fingerprint density at radius 2 is 2.04 bits per heavy atom. The zero-order valence-corrected chi connectivity index (χ0v) is 17.1. The number of phenolic OH excluding ortho intramolecular Hbond substituents is 1. The van der Waals surface area contributed by atoms with E-state index in [1.54, 1.807) is 48.7 Å². The fourth-order valence-corrected chi connectivity index (χ4v) is 2.65. The Balaban J connectivity index is 0.00000338. The van der Waals surface area contributed by atoms with Crippen LogP contribution in [0.4, 0.5) is 5.69 Å². The molecule has 0 aliphatic heterocycles. The lowest BCUT2D eigenvalue weighted by molar-refractivity contribution is 0.0955. The van der Waals surface area contributed by atoms with E-state index < -0.39 is 0 Å². The lowest BCUT2D eigenvalue weighted by Gasteiger charge is -2.15. The van der Waals surface area contributed by atoms with Gasteiger partial charge in [0, 0.05) is 28.9 Å². The molecule has 0 unspecified atom stereocenters. The number of hydrogen-bond donors (Lipinski definition) is 2. The van der Waals surface area contributed by atoms with Crippen LogP contribution in [0.1, 0.15) is 22.8 Å². The van der Waals surface area contributed by atoms with Crippen molar-refractivity contribution in [2.45, 2.75) is 6.92 Å². The van der Waals surface area contributed by atoms with Crippen LogP contribution < -0.4 is 9.73 Å². The number of anilines is 1. The van der Waals surface area contributed by atoms with Crippen molar-refractivity contribution >= 4 is 54.6 Å². The van der Waals surface area contributed by atoms with Gasteiger partial charge in [0.1, 0.15) is 18.0 Å². The fraction of sp³-hybridized carbons (Fsp3) is 0.176. The molecule has 0 aliphatic carbocycles. The van der Waals surface area contributed by atoms with Gasteiger partial charge in [-0.25, -0.2) is 5.43 Å². The number of nitrogens with one attached hydrogen (secondary N) is 1. The minimum atomic E-state index is -0.362. The average molecular weight is 414 g/mol. The normalized spacial score (nSPS) is 10.8. The summed E-state index contributed by atoms with van der Waals surface area (Å²) in [7, 11) is 3.40. The van der Waals surface area contributed by atoms with E-state index >= 15 is 0 Å². The second kappa shape index (κ2) is 10.3. The molecule has 0 aromatic heterocycles. The van der Waals surface area contributed by atoms with E-state index in [1.165, 1.54) is 6.07 Å². The first-order valence-corrected chi connectivity index (χ1v) is 8.38. The Bertz CT molecular complexity index is 803. The highest BCUT2D eigenvalue weighted by molar-refractivity contribution is 7.96. The second-order valence-corrected chi connectivity index (χ2v) is 6.56. The van der Waals surface area contributed by atoms with Crippen LogP contribution in [0, 0.1) is 0 Å². The number of rotatable bonds is 6. The first-order valence-electron chi connectivity index (χ1n) is 7.30. The third-order valence-corrected chi connectivity index (χ3v) is 4.15. The summed E-state index contributed by atoms with van der Waals surface area (Å²) in [5, 5.41) is 14.4. The summed E-state index contributed by atoms with van der Waals surface area (Å²) in [4.78, 5) is 12.3. The van der Waals surface area contributed by atoms with E-state index in [2.05, 4.69) is 10.5 Å². The Morgan fingerprint density at radius 3 is 2.73 bits per heavy atom. The number of carbonyl (C=O) groups is 1. The topological polar surface area (TPSA) is 74.2 Å². The molecule has 6 nitrogen and oxygen atoms in total. The van der Waals surface area contributed by atoms with Crippen molar-refractivity contribution in [1.82, 2.24) is 5.43 Å². The quantitative estimate of drug-likeness (QED) is 0.324. The van der Waals surface area contributed by atoms with Gasteiger partial charge in [0.05, 0.1) is 12.8 Å². The Kier molecular flexibility index (Phi) is 8.80. The molecule has 2 aromatic carbocycles. The minimum absolute atomic E-state index is 0. The molecule has 0 bridgehead atoms. The molecule has 1 amide bonds. The number of aromatic hydroxyl groups is 1. The minimum Gasteiger partial charge on any atom is -0.507 e. The number of benzene rings is 2. The number of carbonyl (C=O) groups excluding carboxylic acids is 1. The van der Waals surface area contributed by atoms with Crippen LogP contribution in [0.3, 0.4) is 0 Å². The zero-order valence-electron chi connectivity index (χ0n) is 14.5. The van der Waals surface area contributed by atoms with Crippen molar-refractivity contribution in [2.24, 2.45) is 5.10 Å². The highest BCUT2D eigenvalue weighted by atomic mass is 35.5. The highest BCUT2D eigenvalue weighted by Crippen LogP contribution is 2.23. The summed E-state index contributed by atoms with van der Waals surface area (Å²) in [5.74, 6) is -0.321. The molecule has 0 atom stereocenters. The predicted molar refractivity (Wildman–Crippen MR) is 113 cm³/mol. The molecule has 140 valence electrons. The van der Waals surface area contributed by atoms with Gasteiger partial charge >= 0.3 is 0 Å². The van der Waals surface area contributed by atoms with Crippen LogP contribution in [-0.2, 0) is 4.18 Å². The number of amides is 1. The molecule has 0 heterocycles. The first kappa shape index (κ1) is 22.2. The molecule has 2 N–H and O–H groups in total. The van der Waals surface area contributed by atoms with E-state index in [0.717, 1.165) is 17.9 Å². The highest BCUT2D eigenvalue weighted by Gasteiger charge is 2.10. The maximum Gasteiger partial charge on any atom is 0.271 e. The van der Waals surface area contributed by atoms with Gasteiger partial charge in [0.15, 0.2) is 0 Å². The molecule has 26 heavy (non-hydrogen) atoms. The van der Waals surface area contributed by atoms with Crippen molar-refractivity contribution in [1.29, 1.82) is 0 Å². The number of hydrogen-bond acceptors (Lipinski definition) is 6. The van der Waals surface area contributed by atoms with Crippen LogP contribution in [-0.4, -0.2) is 30.9 Å². The maximum atomic E-state index is 12.3. The summed E-state index contributed by atoms with van der Waals surface area (Å²) in [6, 6.07) is 11.7. The largest absolute Gasteiger partial charge is 0.507 e. The van der Waals surface area contributed by atoms with E-state index in [-0.39, 0.29) is 25.2 Å². The molecule has 0 radical (unpaired) electrons. The predicted octanol–water partition coefficient (Wildman–Crippen LogP) is 3.96. The van der Waals surface area contributed by atoms with E-state index in [1.807, 2.05) is 13.1 Å². The molecule has 0 aliphatic rings. The number of nitrogens with zero attached hydrogens (tertiary/aromatic N) is 2. The van der Waals surface area contributed by atoms with E-state index in [4.69, 9.17) is 15.8 Å². The monoisotopic (exact) mass is 413 g/mol. The van der Waals surface area contributed by atoms with Crippen LogP contribution in [0.15, 0.2) is 47.6 Å². The number of phenols is 1. The maximum absolute atomic E-state index is 12.3. The van der Waals surface area contributed by atoms with Crippen molar-refractivity contribution in [3.05, 3.63) is 58.6 Å². The molecule has 0 spiro atoms. The van der Waals surface area contributed by atoms with Gasteiger partial charge in [-0.1, -0.05) is 17.7 Å². The third-order valence-electron chi connectivity index (χ3n) is 3.33. The zero-order chi connectivity index (χ0) is 18.4. The van der Waals surface area contributed by atoms with Crippen LogP contribution in [0.25, 0.3) is 0 Å². The number of halogens is 1. The van der Waals surface area contributed by atoms with Gasteiger partial charge in [-0.3, -0.25) is 9.10 Å².